The molecule has 6 heteroatoms. The Morgan fingerprint density at radius 3 is 2.67 bits per heavy atom. The lowest BCUT2D eigenvalue weighted by Gasteiger charge is -2.16. The number of benzene rings is 1. The van der Waals surface area contributed by atoms with Crippen LogP contribution in [0.15, 0.2) is 18.2 Å². The molecule has 3 N–H and O–H groups in total. The van der Waals surface area contributed by atoms with E-state index in [9.17, 15) is 4.79 Å². The molecular weight excluding hydrogens is 331 g/mol. The van der Waals surface area contributed by atoms with Gasteiger partial charge in [0.15, 0.2) is 0 Å². The van der Waals surface area contributed by atoms with E-state index in [4.69, 9.17) is 28.9 Å². The van der Waals surface area contributed by atoms with Gasteiger partial charge in [-0.2, -0.15) is 0 Å². The number of nitrogens with one attached hydrogen (secondary N) is 1. The number of carbonyl (C=O) groups is 1. The predicted molar refractivity (Wildman–Crippen MR) is 90.3 cm³/mol. The Morgan fingerprint density at radius 1 is 1.43 bits per heavy atom. The number of hydrogen-bond acceptors (Lipinski definition) is 2. The fraction of sp³-hybridized carbons (Fsp3) is 0.533. The lowest BCUT2D eigenvalue weighted by Crippen LogP contribution is -2.41. The summed E-state index contributed by atoms with van der Waals surface area (Å²) in [6, 6.07) is 5.44. The van der Waals surface area contributed by atoms with Crippen LogP contribution < -0.4 is 11.1 Å². The molecule has 0 saturated heterocycles. The van der Waals surface area contributed by atoms with Crippen molar-refractivity contribution >= 4 is 41.5 Å². The van der Waals surface area contributed by atoms with E-state index in [1.54, 1.807) is 12.1 Å². The lowest BCUT2D eigenvalue weighted by atomic mass is 10.00. The minimum absolute atomic E-state index is 0. The van der Waals surface area contributed by atoms with Gasteiger partial charge in [0.25, 0.3) is 0 Å². The molecule has 0 spiro atoms. The van der Waals surface area contributed by atoms with Gasteiger partial charge in [-0.3, -0.25) is 4.79 Å². The van der Waals surface area contributed by atoms with Gasteiger partial charge in [-0.15, -0.1) is 12.4 Å². The van der Waals surface area contributed by atoms with Crippen LogP contribution in [0.4, 0.5) is 0 Å². The third-order valence-corrected chi connectivity index (χ3v) is 4.32. The molecule has 2 unspecified atom stereocenters. The Kier molecular flexibility index (Phi) is 7.28. The van der Waals surface area contributed by atoms with Gasteiger partial charge in [0.05, 0.1) is 0 Å². The molecule has 1 fully saturated rings. The largest absolute Gasteiger partial charge is 0.354 e. The van der Waals surface area contributed by atoms with E-state index in [1.807, 2.05) is 13.0 Å². The molecule has 1 aromatic rings. The van der Waals surface area contributed by atoms with Gasteiger partial charge < -0.3 is 11.1 Å². The van der Waals surface area contributed by atoms with Crippen LogP contribution in [-0.4, -0.2) is 18.5 Å². The highest BCUT2D eigenvalue weighted by molar-refractivity contribution is 6.35. The predicted octanol–water partition coefficient (Wildman–Crippen LogP) is 3.45. The van der Waals surface area contributed by atoms with Gasteiger partial charge in [-0.25, -0.2) is 0 Å². The summed E-state index contributed by atoms with van der Waals surface area (Å²) in [7, 11) is 0. The van der Waals surface area contributed by atoms with Crippen LogP contribution in [0.25, 0.3) is 0 Å². The van der Waals surface area contributed by atoms with Crippen LogP contribution in [0.3, 0.4) is 0 Å². The second-order valence-corrected chi connectivity index (χ2v) is 6.43. The maximum atomic E-state index is 12.0. The van der Waals surface area contributed by atoms with Crippen molar-refractivity contribution in [1.82, 2.24) is 5.32 Å². The molecule has 118 valence electrons. The first-order chi connectivity index (χ1) is 9.47. The average molecular weight is 352 g/mol. The number of carbonyl (C=O) groups excluding carboxylic acids is 1. The minimum Gasteiger partial charge on any atom is -0.354 e. The normalized spacial score (nSPS) is 16.8. The average Bonchev–Trinajstić information content (AvgIpc) is 3.23. The molecule has 1 aliphatic carbocycles. The molecule has 2 atom stereocenters. The summed E-state index contributed by atoms with van der Waals surface area (Å²) in [5.74, 6) is 0.475. The first-order valence-corrected chi connectivity index (χ1v) is 7.70. The van der Waals surface area contributed by atoms with Crippen molar-refractivity contribution < 1.29 is 4.79 Å². The Bertz CT molecular complexity index is 492. The van der Waals surface area contributed by atoms with Gasteiger partial charge in [0.2, 0.25) is 5.91 Å². The molecule has 1 saturated carbocycles. The molecule has 0 heterocycles. The summed E-state index contributed by atoms with van der Waals surface area (Å²) in [5, 5.41) is 4.13. The number of amides is 1. The Hall–Kier alpha value is -0.480. The van der Waals surface area contributed by atoms with Gasteiger partial charge in [-0.1, -0.05) is 36.2 Å². The van der Waals surface area contributed by atoms with E-state index in [-0.39, 0.29) is 30.3 Å². The molecule has 0 aromatic heterocycles. The number of rotatable bonds is 6. The Balaban J connectivity index is 0.00000220. The topological polar surface area (TPSA) is 55.1 Å². The Morgan fingerprint density at radius 2 is 2.10 bits per heavy atom. The van der Waals surface area contributed by atoms with E-state index in [0.29, 0.717) is 28.9 Å². The van der Waals surface area contributed by atoms with Crippen LogP contribution in [0, 0.1) is 11.8 Å². The minimum atomic E-state index is -0.139. The molecular formula is C15H21Cl3N2O. The molecule has 0 aliphatic heterocycles. The zero-order valence-electron chi connectivity index (χ0n) is 11.9. The highest BCUT2D eigenvalue weighted by Crippen LogP contribution is 2.31. The second kappa shape index (κ2) is 8.23. The third-order valence-electron chi connectivity index (χ3n) is 3.73. The van der Waals surface area contributed by atoms with Crippen LogP contribution in [0.1, 0.15) is 25.3 Å². The van der Waals surface area contributed by atoms with Crippen molar-refractivity contribution in [2.24, 2.45) is 17.6 Å². The van der Waals surface area contributed by atoms with Crippen LogP contribution in [-0.2, 0) is 11.2 Å². The molecule has 0 radical (unpaired) electrons. The van der Waals surface area contributed by atoms with Crippen LogP contribution in [0.2, 0.25) is 10.0 Å². The lowest BCUT2D eigenvalue weighted by molar-refractivity contribution is -0.124. The summed E-state index contributed by atoms with van der Waals surface area (Å²) in [6.07, 6.45) is 2.97. The van der Waals surface area contributed by atoms with Crippen molar-refractivity contribution in [3.05, 3.63) is 33.8 Å². The summed E-state index contributed by atoms with van der Waals surface area (Å²) in [5.41, 5.74) is 6.91. The molecule has 0 bridgehead atoms. The van der Waals surface area contributed by atoms with E-state index in [1.165, 1.54) is 12.8 Å². The van der Waals surface area contributed by atoms with Gasteiger partial charge in [-0.05, 0) is 42.9 Å². The van der Waals surface area contributed by atoms with E-state index in [2.05, 4.69) is 5.32 Å². The summed E-state index contributed by atoms with van der Waals surface area (Å²) < 4.78 is 0. The van der Waals surface area contributed by atoms with E-state index < -0.39 is 0 Å². The molecule has 3 nitrogen and oxygen atoms in total. The molecule has 2 rings (SSSR count). The quantitative estimate of drug-likeness (QED) is 0.825. The number of halogens is 3. The fourth-order valence-electron chi connectivity index (χ4n) is 2.19. The van der Waals surface area contributed by atoms with E-state index in [0.717, 1.165) is 5.56 Å². The van der Waals surface area contributed by atoms with Crippen molar-refractivity contribution in [1.29, 1.82) is 0 Å². The van der Waals surface area contributed by atoms with Crippen molar-refractivity contribution in [2.75, 3.05) is 6.54 Å². The smallest absolute Gasteiger partial charge is 0.223 e. The maximum absolute atomic E-state index is 12.0. The zero-order chi connectivity index (χ0) is 14.7. The van der Waals surface area contributed by atoms with Crippen molar-refractivity contribution in [3.8, 4) is 0 Å². The van der Waals surface area contributed by atoms with Crippen molar-refractivity contribution in [3.63, 3.8) is 0 Å². The SMILES string of the molecule is CC(Cc1ccc(Cl)cc1Cl)C(=O)NCC(N)C1CC1.Cl. The standard InChI is InChI=1S/C15H20Cl2N2O.ClH/c1-9(6-11-4-5-12(16)7-13(11)17)15(20)19-8-14(18)10-2-3-10;/h4-5,7,9-10,14H,2-3,6,8,18H2,1H3,(H,19,20);1H. The fourth-order valence-corrected chi connectivity index (χ4v) is 2.68. The number of nitrogens with two attached hydrogens (primary N) is 1. The Labute approximate surface area is 142 Å². The first-order valence-electron chi connectivity index (χ1n) is 6.94. The summed E-state index contributed by atoms with van der Waals surface area (Å²) in [6.45, 7) is 2.45. The van der Waals surface area contributed by atoms with Crippen molar-refractivity contribution in [2.45, 2.75) is 32.2 Å². The second-order valence-electron chi connectivity index (χ2n) is 5.59. The number of hydrogen-bond donors (Lipinski definition) is 2. The highest BCUT2D eigenvalue weighted by Gasteiger charge is 2.28. The van der Waals surface area contributed by atoms with Gasteiger partial charge in [0, 0.05) is 28.5 Å². The third kappa shape index (κ3) is 5.67. The molecule has 1 amide bonds. The van der Waals surface area contributed by atoms with Crippen LogP contribution >= 0.6 is 35.6 Å². The van der Waals surface area contributed by atoms with Crippen LogP contribution in [0.5, 0.6) is 0 Å². The summed E-state index contributed by atoms with van der Waals surface area (Å²) in [4.78, 5) is 12.0. The monoisotopic (exact) mass is 350 g/mol. The van der Waals surface area contributed by atoms with Gasteiger partial charge >= 0.3 is 0 Å². The maximum Gasteiger partial charge on any atom is 0.223 e. The zero-order valence-corrected chi connectivity index (χ0v) is 14.3. The highest BCUT2D eigenvalue weighted by atomic mass is 35.5. The van der Waals surface area contributed by atoms with E-state index >= 15 is 0 Å². The molecule has 1 aromatic carbocycles. The molecule has 1 aliphatic rings. The molecule has 21 heavy (non-hydrogen) atoms. The summed E-state index contributed by atoms with van der Waals surface area (Å²) >= 11 is 12.0. The first kappa shape index (κ1) is 18.6. The van der Waals surface area contributed by atoms with Gasteiger partial charge in [0.1, 0.15) is 0 Å².